The van der Waals surface area contributed by atoms with Gasteiger partial charge in [-0.15, -0.1) is 0 Å². The minimum absolute atomic E-state index is 0.0588. The Morgan fingerprint density at radius 2 is 2.08 bits per heavy atom. The molecule has 0 aromatic carbocycles. The molecule has 0 bridgehead atoms. The smallest absolute Gasteiger partial charge is 0.0583 e. The summed E-state index contributed by atoms with van der Waals surface area (Å²) >= 11 is 0. The highest BCUT2D eigenvalue weighted by Crippen LogP contribution is 2.01. The first kappa shape index (κ1) is 11.9. The number of nitrogens with two attached hydrogens (primary N) is 1. The molecule has 0 radical (unpaired) electrons. The van der Waals surface area contributed by atoms with Crippen molar-refractivity contribution in [2.75, 3.05) is 20.2 Å². The van der Waals surface area contributed by atoms with Crippen molar-refractivity contribution in [1.82, 2.24) is 4.90 Å². The fraction of sp³-hybridized carbons (Fsp3) is 1.00. The molecule has 0 rings (SSSR count). The van der Waals surface area contributed by atoms with Crippen molar-refractivity contribution >= 4 is 0 Å². The van der Waals surface area contributed by atoms with Gasteiger partial charge in [0, 0.05) is 12.1 Å². The lowest BCUT2D eigenvalue weighted by atomic mass is 10.2. The maximum atomic E-state index is 8.70. The van der Waals surface area contributed by atoms with E-state index >= 15 is 0 Å². The van der Waals surface area contributed by atoms with Crippen LogP contribution >= 0.6 is 0 Å². The van der Waals surface area contributed by atoms with Crippen molar-refractivity contribution in [2.45, 2.75) is 38.8 Å². The minimum Gasteiger partial charge on any atom is -0.395 e. The lowest BCUT2D eigenvalue weighted by Gasteiger charge is -2.24. The molecular formula is C9H22N2O. The summed E-state index contributed by atoms with van der Waals surface area (Å²) in [6.07, 6.45) is 2.03. The fourth-order valence-electron chi connectivity index (χ4n) is 0.993. The van der Waals surface area contributed by atoms with Gasteiger partial charge >= 0.3 is 0 Å². The molecule has 2 unspecified atom stereocenters. The van der Waals surface area contributed by atoms with Crippen molar-refractivity contribution in [1.29, 1.82) is 0 Å². The first-order chi connectivity index (χ1) is 5.61. The van der Waals surface area contributed by atoms with E-state index in [-0.39, 0.29) is 12.6 Å². The van der Waals surface area contributed by atoms with Crippen LogP contribution in [-0.2, 0) is 0 Å². The van der Waals surface area contributed by atoms with Crippen LogP contribution in [0.25, 0.3) is 0 Å². The number of aliphatic hydroxyl groups is 1. The largest absolute Gasteiger partial charge is 0.395 e. The average molecular weight is 174 g/mol. The molecule has 3 nitrogen and oxygen atoms in total. The molecule has 12 heavy (non-hydrogen) atoms. The van der Waals surface area contributed by atoms with Crippen LogP contribution in [-0.4, -0.2) is 42.3 Å². The second-order valence-electron chi connectivity index (χ2n) is 3.47. The summed E-state index contributed by atoms with van der Waals surface area (Å²) in [5.41, 5.74) is 5.59. The molecule has 0 aliphatic rings. The molecule has 0 aliphatic carbocycles. The number of hydrogen-bond donors (Lipinski definition) is 2. The zero-order chi connectivity index (χ0) is 9.56. The second-order valence-corrected chi connectivity index (χ2v) is 3.47. The highest BCUT2D eigenvalue weighted by Gasteiger charge is 2.07. The number of nitrogens with zero attached hydrogens (tertiary/aromatic N) is 1. The van der Waals surface area contributed by atoms with Crippen LogP contribution in [0.5, 0.6) is 0 Å². The molecule has 3 N–H and O–H groups in total. The standard InChI is InChI=1S/C9H22N2O/c1-4-8(2)11(3)6-5-9(10)7-12/h8-9,12H,4-7,10H2,1-3H3. The summed E-state index contributed by atoms with van der Waals surface area (Å²) < 4.78 is 0. The van der Waals surface area contributed by atoms with Crippen LogP contribution in [0, 0.1) is 0 Å². The summed E-state index contributed by atoms with van der Waals surface area (Å²) in [4.78, 5) is 2.27. The van der Waals surface area contributed by atoms with E-state index in [9.17, 15) is 0 Å². The van der Waals surface area contributed by atoms with Gasteiger partial charge in [-0.3, -0.25) is 0 Å². The van der Waals surface area contributed by atoms with Crippen LogP contribution in [0.1, 0.15) is 26.7 Å². The highest BCUT2D eigenvalue weighted by molar-refractivity contribution is 4.65. The van der Waals surface area contributed by atoms with Crippen molar-refractivity contribution in [2.24, 2.45) is 5.73 Å². The number of rotatable bonds is 6. The molecule has 0 aromatic heterocycles. The van der Waals surface area contributed by atoms with E-state index in [1.807, 2.05) is 0 Å². The maximum Gasteiger partial charge on any atom is 0.0583 e. The lowest BCUT2D eigenvalue weighted by Crippen LogP contribution is -2.34. The zero-order valence-electron chi connectivity index (χ0n) is 8.45. The monoisotopic (exact) mass is 174 g/mol. The van der Waals surface area contributed by atoms with E-state index in [0.717, 1.165) is 19.4 Å². The van der Waals surface area contributed by atoms with Crippen molar-refractivity contribution in [3.8, 4) is 0 Å². The molecule has 0 saturated carbocycles. The predicted octanol–water partition coefficient (Wildman–Crippen LogP) is 0.426. The summed E-state index contributed by atoms with van der Waals surface area (Å²) in [6.45, 7) is 5.43. The van der Waals surface area contributed by atoms with E-state index in [0.29, 0.717) is 6.04 Å². The van der Waals surface area contributed by atoms with Crippen LogP contribution < -0.4 is 5.73 Å². The normalized spacial score (nSPS) is 16.5. The van der Waals surface area contributed by atoms with Crippen molar-refractivity contribution < 1.29 is 5.11 Å². The maximum absolute atomic E-state index is 8.70. The van der Waals surface area contributed by atoms with Gasteiger partial charge in [0.2, 0.25) is 0 Å². The molecule has 0 saturated heterocycles. The SMILES string of the molecule is CCC(C)N(C)CCC(N)CO. The molecule has 0 aromatic rings. The van der Waals surface area contributed by atoms with Gasteiger partial charge in [-0.1, -0.05) is 6.92 Å². The molecule has 0 aliphatic heterocycles. The van der Waals surface area contributed by atoms with Gasteiger partial charge in [0.05, 0.1) is 6.61 Å². The zero-order valence-corrected chi connectivity index (χ0v) is 8.45. The summed E-state index contributed by atoms with van der Waals surface area (Å²) in [5, 5.41) is 8.70. The third-order valence-corrected chi connectivity index (χ3v) is 2.43. The molecule has 0 fully saturated rings. The minimum atomic E-state index is -0.0588. The molecular weight excluding hydrogens is 152 g/mol. The van der Waals surface area contributed by atoms with Crippen LogP contribution in [0.2, 0.25) is 0 Å². The second kappa shape index (κ2) is 6.40. The lowest BCUT2D eigenvalue weighted by molar-refractivity contribution is 0.214. The third kappa shape index (κ3) is 4.70. The van der Waals surface area contributed by atoms with Crippen molar-refractivity contribution in [3.05, 3.63) is 0 Å². The number of aliphatic hydroxyl groups excluding tert-OH is 1. The van der Waals surface area contributed by atoms with Gasteiger partial charge in [-0.25, -0.2) is 0 Å². The van der Waals surface area contributed by atoms with Gasteiger partial charge in [0.15, 0.2) is 0 Å². The Kier molecular flexibility index (Phi) is 6.34. The van der Waals surface area contributed by atoms with Gasteiger partial charge < -0.3 is 15.7 Å². The number of hydrogen-bond acceptors (Lipinski definition) is 3. The first-order valence-electron chi connectivity index (χ1n) is 4.68. The van der Waals surface area contributed by atoms with E-state index in [4.69, 9.17) is 10.8 Å². The Labute approximate surface area is 75.6 Å². The van der Waals surface area contributed by atoms with E-state index in [1.165, 1.54) is 0 Å². The quantitative estimate of drug-likeness (QED) is 0.614. The first-order valence-corrected chi connectivity index (χ1v) is 4.68. The summed E-state index contributed by atoms with van der Waals surface area (Å²) in [7, 11) is 2.10. The predicted molar refractivity (Wildman–Crippen MR) is 52.1 cm³/mol. The van der Waals surface area contributed by atoms with Crippen molar-refractivity contribution in [3.63, 3.8) is 0 Å². The van der Waals surface area contributed by atoms with E-state index in [2.05, 4.69) is 25.8 Å². The van der Waals surface area contributed by atoms with Gasteiger partial charge in [0.25, 0.3) is 0 Å². The molecule has 0 heterocycles. The fourth-order valence-corrected chi connectivity index (χ4v) is 0.993. The van der Waals surface area contributed by atoms with E-state index < -0.39 is 0 Å². The summed E-state index contributed by atoms with van der Waals surface area (Å²) in [5.74, 6) is 0. The van der Waals surface area contributed by atoms with E-state index in [1.54, 1.807) is 0 Å². The third-order valence-electron chi connectivity index (χ3n) is 2.43. The molecule has 2 atom stereocenters. The van der Waals surface area contributed by atoms with Gasteiger partial charge in [0.1, 0.15) is 0 Å². The van der Waals surface area contributed by atoms with Crippen LogP contribution in [0.15, 0.2) is 0 Å². The molecule has 74 valence electrons. The average Bonchev–Trinajstić information content (AvgIpc) is 2.11. The Balaban J connectivity index is 3.49. The van der Waals surface area contributed by atoms with Gasteiger partial charge in [-0.2, -0.15) is 0 Å². The summed E-state index contributed by atoms with van der Waals surface area (Å²) in [6, 6.07) is 0.549. The Hall–Kier alpha value is -0.120. The molecule has 3 heteroatoms. The van der Waals surface area contributed by atoms with Gasteiger partial charge in [-0.05, 0) is 33.4 Å². The Morgan fingerprint density at radius 3 is 2.50 bits per heavy atom. The van der Waals surface area contributed by atoms with Crippen LogP contribution in [0.3, 0.4) is 0 Å². The topological polar surface area (TPSA) is 49.5 Å². The molecule has 0 spiro atoms. The Bertz CT molecular complexity index is 109. The Morgan fingerprint density at radius 1 is 1.50 bits per heavy atom. The van der Waals surface area contributed by atoms with Crippen LogP contribution in [0.4, 0.5) is 0 Å². The molecule has 0 amide bonds. The highest BCUT2D eigenvalue weighted by atomic mass is 16.3.